The van der Waals surface area contributed by atoms with Crippen molar-refractivity contribution in [3.8, 4) is 5.69 Å². The van der Waals surface area contributed by atoms with Gasteiger partial charge < -0.3 is 10.6 Å². The second kappa shape index (κ2) is 8.75. The molecule has 154 valence electrons. The molecule has 0 unspecified atom stereocenters. The summed E-state index contributed by atoms with van der Waals surface area (Å²) in [6.07, 6.45) is 0.673. The molecule has 30 heavy (non-hydrogen) atoms. The number of rotatable bonds is 5. The zero-order valence-corrected chi connectivity index (χ0v) is 17.9. The lowest BCUT2D eigenvalue weighted by Gasteiger charge is -2.13. The van der Waals surface area contributed by atoms with Crippen LogP contribution in [0.25, 0.3) is 5.69 Å². The van der Waals surface area contributed by atoms with Crippen LogP contribution in [0.2, 0.25) is 0 Å². The summed E-state index contributed by atoms with van der Waals surface area (Å²) in [5.41, 5.74) is 6.19. The van der Waals surface area contributed by atoms with Gasteiger partial charge in [0.05, 0.1) is 11.4 Å². The molecule has 4 rings (SSSR count). The third-order valence-corrected chi connectivity index (χ3v) is 6.08. The average molecular weight is 421 g/mol. The first kappa shape index (κ1) is 20.2. The fourth-order valence-electron chi connectivity index (χ4n) is 3.57. The second-order valence-corrected chi connectivity index (χ2v) is 8.40. The summed E-state index contributed by atoms with van der Waals surface area (Å²) in [7, 11) is 0. The number of fused-ring (bicyclic) bond motifs is 1. The largest absolute Gasteiger partial charge is 0.347 e. The minimum absolute atomic E-state index is 0.403. The Labute approximate surface area is 180 Å². The molecule has 0 spiro atoms. The summed E-state index contributed by atoms with van der Waals surface area (Å²) >= 11 is 1.75. The zero-order chi connectivity index (χ0) is 21.1. The van der Waals surface area contributed by atoms with Crippen molar-refractivity contribution in [3.05, 3.63) is 76.5 Å². The molecule has 7 heteroatoms. The van der Waals surface area contributed by atoms with E-state index in [0.717, 1.165) is 45.1 Å². The summed E-state index contributed by atoms with van der Waals surface area (Å²) in [6.45, 7) is 4.46. The van der Waals surface area contributed by atoms with Crippen LogP contribution in [0.1, 0.15) is 27.9 Å². The predicted octanol–water partition coefficient (Wildman–Crippen LogP) is 3.53. The van der Waals surface area contributed by atoms with Crippen molar-refractivity contribution in [2.75, 3.05) is 11.9 Å². The van der Waals surface area contributed by atoms with Gasteiger partial charge in [-0.25, -0.2) is 4.68 Å². The number of carbonyl (C=O) groups excluding carboxylic acids is 2. The minimum atomic E-state index is -0.673. The van der Waals surface area contributed by atoms with E-state index in [1.807, 2.05) is 56.3 Å². The lowest BCUT2D eigenvalue weighted by atomic mass is 10.1. The van der Waals surface area contributed by atoms with Gasteiger partial charge in [-0.1, -0.05) is 48.0 Å². The molecule has 2 amide bonds. The SMILES string of the molecule is Cc1ccc(-n2nc3c(c2NC(=O)C(=O)NCCc2ccccc2)CSC3)c(C)c1. The first-order valence-electron chi connectivity index (χ1n) is 9.92. The molecule has 0 saturated carbocycles. The molecular weight excluding hydrogens is 396 g/mol. The van der Waals surface area contributed by atoms with Crippen LogP contribution in [-0.2, 0) is 27.5 Å². The molecule has 3 aromatic rings. The maximum Gasteiger partial charge on any atom is 0.314 e. The van der Waals surface area contributed by atoms with Crippen molar-refractivity contribution in [1.82, 2.24) is 15.1 Å². The van der Waals surface area contributed by atoms with Gasteiger partial charge in [0.1, 0.15) is 5.82 Å². The molecule has 0 radical (unpaired) electrons. The monoisotopic (exact) mass is 420 g/mol. The predicted molar refractivity (Wildman–Crippen MR) is 120 cm³/mol. The number of hydrogen-bond donors (Lipinski definition) is 2. The number of aromatic nitrogens is 2. The highest BCUT2D eigenvalue weighted by Gasteiger charge is 2.26. The Balaban J connectivity index is 1.49. The molecular formula is C23H24N4O2S. The highest BCUT2D eigenvalue weighted by atomic mass is 32.2. The Bertz CT molecular complexity index is 1090. The topological polar surface area (TPSA) is 76.0 Å². The molecule has 1 aliphatic heterocycles. The van der Waals surface area contributed by atoms with E-state index in [9.17, 15) is 9.59 Å². The molecule has 0 fully saturated rings. The van der Waals surface area contributed by atoms with E-state index >= 15 is 0 Å². The fourth-order valence-corrected chi connectivity index (χ4v) is 4.60. The molecule has 6 nitrogen and oxygen atoms in total. The summed E-state index contributed by atoms with van der Waals surface area (Å²) in [4.78, 5) is 25.0. The second-order valence-electron chi connectivity index (χ2n) is 7.41. The van der Waals surface area contributed by atoms with Crippen LogP contribution < -0.4 is 10.6 Å². The molecule has 0 atom stereocenters. The smallest absolute Gasteiger partial charge is 0.314 e. The Morgan fingerprint density at radius 3 is 2.63 bits per heavy atom. The van der Waals surface area contributed by atoms with Gasteiger partial charge in [0, 0.05) is 23.6 Å². The van der Waals surface area contributed by atoms with Crippen LogP contribution in [0.3, 0.4) is 0 Å². The van der Waals surface area contributed by atoms with E-state index in [-0.39, 0.29) is 0 Å². The summed E-state index contributed by atoms with van der Waals surface area (Å²) in [6, 6.07) is 15.9. The number of nitrogens with one attached hydrogen (secondary N) is 2. The van der Waals surface area contributed by atoms with E-state index < -0.39 is 11.8 Å². The number of benzene rings is 2. The Kier molecular flexibility index (Phi) is 5.90. The third-order valence-electron chi connectivity index (χ3n) is 5.11. The van der Waals surface area contributed by atoms with Crippen LogP contribution >= 0.6 is 11.8 Å². The van der Waals surface area contributed by atoms with Crippen molar-refractivity contribution in [2.45, 2.75) is 31.8 Å². The van der Waals surface area contributed by atoms with Crippen molar-refractivity contribution in [1.29, 1.82) is 0 Å². The van der Waals surface area contributed by atoms with Gasteiger partial charge in [-0.3, -0.25) is 9.59 Å². The molecule has 0 saturated heterocycles. The van der Waals surface area contributed by atoms with Crippen molar-refractivity contribution < 1.29 is 9.59 Å². The van der Waals surface area contributed by atoms with Crippen LogP contribution in [0, 0.1) is 13.8 Å². The highest BCUT2D eigenvalue weighted by Crippen LogP contribution is 2.36. The number of hydrogen-bond acceptors (Lipinski definition) is 4. The molecule has 0 aliphatic carbocycles. The van der Waals surface area contributed by atoms with Gasteiger partial charge in [-0.15, -0.1) is 0 Å². The number of nitrogens with zero attached hydrogens (tertiary/aromatic N) is 2. The zero-order valence-electron chi connectivity index (χ0n) is 17.1. The Morgan fingerprint density at radius 2 is 1.87 bits per heavy atom. The number of thioether (sulfide) groups is 1. The quantitative estimate of drug-likeness (QED) is 0.619. The van der Waals surface area contributed by atoms with Gasteiger partial charge in [0.15, 0.2) is 0 Å². The first-order chi connectivity index (χ1) is 14.5. The van der Waals surface area contributed by atoms with Gasteiger partial charge >= 0.3 is 11.8 Å². The van der Waals surface area contributed by atoms with Crippen molar-refractivity contribution in [3.63, 3.8) is 0 Å². The molecule has 0 bridgehead atoms. The van der Waals surface area contributed by atoms with E-state index in [1.165, 1.54) is 0 Å². The Hall–Kier alpha value is -3.06. The summed E-state index contributed by atoms with van der Waals surface area (Å²) < 4.78 is 1.76. The summed E-state index contributed by atoms with van der Waals surface area (Å²) in [5, 5.41) is 10.2. The fraction of sp³-hybridized carbons (Fsp3) is 0.261. The number of amides is 2. The number of aryl methyl sites for hydroxylation is 2. The summed E-state index contributed by atoms with van der Waals surface area (Å²) in [5.74, 6) is 0.850. The van der Waals surface area contributed by atoms with Crippen LogP contribution in [0.5, 0.6) is 0 Å². The van der Waals surface area contributed by atoms with E-state index in [2.05, 4.69) is 16.7 Å². The first-order valence-corrected chi connectivity index (χ1v) is 11.1. The van der Waals surface area contributed by atoms with Gasteiger partial charge in [-0.2, -0.15) is 16.9 Å². The van der Waals surface area contributed by atoms with Crippen molar-refractivity contribution in [2.24, 2.45) is 0 Å². The normalized spacial score (nSPS) is 12.5. The maximum atomic E-state index is 12.6. The highest BCUT2D eigenvalue weighted by molar-refractivity contribution is 7.98. The van der Waals surface area contributed by atoms with Crippen molar-refractivity contribution >= 4 is 29.4 Å². The lowest BCUT2D eigenvalue weighted by Crippen LogP contribution is -2.37. The minimum Gasteiger partial charge on any atom is -0.347 e. The van der Waals surface area contributed by atoms with Gasteiger partial charge in [0.2, 0.25) is 0 Å². The standard InChI is InChI=1S/C23H24N4O2S/c1-15-8-9-20(16(2)12-15)27-21(18-13-30-14-19(18)26-27)25-23(29)22(28)24-11-10-17-6-4-3-5-7-17/h3-9,12H,10-11,13-14H2,1-2H3,(H,24,28)(H,25,29). The Morgan fingerprint density at radius 1 is 1.07 bits per heavy atom. The number of carbonyl (C=O) groups is 2. The molecule has 2 N–H and O–H groups in total. The van der Waals surface area contributed by atoms with Crippen LogP contribution in [0.15, 0.2) is 48.5 Å². The molecule has 1 aliphatic rings. The van der Waals surface area contributed by atoms with E-state index in [1.54, 1.807) is 16.4 Å². The van der Waals surface area contributed by atoms with Crippen LogP contribution in [0.4, 0.5) is 5.82 Å². The van der Waals surface area contributed by atoms with E-state index in [0.29, 0.717) is 18.8 Å². The molecule has 2 aromatic carbocycles. The average Bonchev–Trinajstić information content (AvgIpc) is 3.31. The van der Waals surface area contributed by atoms with Gasteiger partial charge in [-0.05, 0) is 37.5 Å². The maximum absolute atomic E-state index is 12.6. The van der Waals surface area contributed by atoms with E-state index in [4.69, 9.17) is 5.10 Å². The lowest BCUT2D eigenvalue weighted by molar-refractivity contribution is -0.136. The third kappa shape index (κ3) is 4.26. The molecule has 2 heterocycles. The van der Waals surface area contributed by atoms with Gasteiger partial charge in [0.25, 0.3) is 0 Å². The molecule has 1 aromatic heterocycles. The van der Waals surface area contributed by atoms with Crippen LogP contribution in [-0.4, -0.2) is 28.1 Å². The number of anilines is 1.